The summed E-state index contributed by atoms with van der Waals surface area (Å²) >= 11 is 0. The smallest absolute Gasteiger partial charge is 0.251 e. The molecule has 0 saturated carbocycles. The zero-order valence-corrected chi connectivity index (χ0v) is 20.3. The molecule has 2 heterocycles. The number of sulfonamides is 1. The number of amides is 2. The summed E-state index contributed by atoms with van der Waals surface area (Å²) in [5.74, 6) is 0.253. The van der Waals surface area contributed by atoms with Crippen molar-refractivity contribution in [3.8, 4) is 0 Å². The molecule has 1 aliphatic rings. The molecule has 1 aromatic heterocycles. The average Bonchev–Trinajstić information content (AvgIpc) is 3.26. The Bertz CT molecular complexity index is 1280. The molecule has 1 atom stereocenters. The van der Waals surface area contributed by atoms with E-state index in [-0.39, 0.29) is 47.3 Å². The molecular weight excluding hydrogens is 454 g/mol. The number of carbonyl (C=O) groups is 2. The second-order valence-corrected chi connectivity index (χ2v) is 10.7. The van der Waals surface area contributed by atoms with Crippen LogP contribution in [0.15, 0.2) is 53.4 Å². The second kappa shape index (κ2) is 9.55. The largest absolute Gasteiger partial charge is 0.342 e. The summed E-state index contributed by atoms with van der Waals surface area (Å²) in [5, 5.41) is 3.00. The number of hydrogen-bond acceptors (Lipinski definition) is 5. The first kappa shape index (κ1) is 23.9. The summed E-state index contributed by atoms with van der Waals surface area (Å²) in [6.45, 7) is 6.59. The van der Waals surface area contributed by atoms with Gasteiger partial charge in [0, 0.05) is 38.7 Å². The Labute approximate surface area is 199 Å². The molecule has 0 unspecified atom stereocenters. The van der Waals surface area contributed by atoms with E-state index in [1.807, 2.05) is 38.1 Å². The molecule has 10 heteroatoms. The number of H-pyrrole nitrogens is 1. The van der Waals surface area contributed by atoms with Crippen molar-refractivity contribution in [1.29, 1.82) is 0 Å². The van der Waals surface area contributed by atoms with Gasteiger partial charge in [-0.3, -0.25) is 9.59 Å². The number of para-hydroxylation sites is 2. The Morgan fingerprint density at radius 1 is 1.03 bits per heavy atom. The van der Waals surface area contributed by atoms with Gasteiger partial charge in [0.15, 0.2) is 0 Å². The summed E-state index contributed by atoms with van der Waals surface area (Å²) in [6, 6.07) is 13.3. The first-order valence-corrected chi connectivity index (χ1v) is 12.7. The maximum absolute atomic E-state index is 13.2. The third-order valence-corrected chi connectivity index (χ3v) is 7.97. The molecule has 1 aliphatic heterocycles. The van der Waals surface area contributed by atoms with Crippen molar-refractivity contribution in [2.75, 3.05) is 26.2 Å². The summed E-state index contributed by atoms with van der Waals surface area (Å²) in [6.07, 6.45) is 0. The van der Waals surface area contributed by atoms with E-state index in [1.54, 1.807) is 17.0 Å². The Balaban J connectivity index is 1.53. The number of imidazole rings is 1. The maximum atomic E-state index is 13.2. The molecule has 1 saturated heterocycles. The van der Waals surface area contributed by atoms with Crippen LogP contribution in [0.4, 0.5) is 0 Å². The lowest BCUT2D eigenvalue weighted by Crippen LogP contribution is -2.49. The summed E-state index contributed by atoms with van der Waals surface area (Å²) in [5.41, 5.74) is 1.95. The van der Waals surface area contributed by atoms with Gasteiger partial charge < -0.3 is 15.2 Å². The van der Waals surface area contributed by atoms with E-state index >= 15 is 0 Å². The molecule has 0 aliphatic carbocycles. The van der Waals surface area contributed by atoms with Crippen LogP contribution in [0.25, 0.3) is 11.0 Å². The molecule has 3 aromatic rings. The van der Waals surface area contributed by atoms with Gasteiger partial charge in [-0.25, -0.2) is 13.4 Å². The fourth-order valence-corrected chi connectivity index (χ4v) is 5.55. The Hall–Kier alpha value is -3.24. The fraction of sp³-hybridized carbons (Fsp3) is 0.375. The van der Waals surface area contributed by atoms with Crippen molar-refractivity contribution in [2.45, 2.75) is 31.7 Å². The Kier molecular flexibility index (Phi) is 6.72. The quantitative estimate of drug-likeness (QED) is 0.559. The predicted molar refractivity (Wildman–Crippen MR) is 129 cm³/mol. The van der Waals surface area contributed by atoms with Crippen molar-refractivity contribution < 1.29 is 18.0 Å². The van der Waals surface area contributed by atoms with Crippen molar-refractivity contribution >= 4 is 32.9 Å². The van der Waals surface area contributed by atoms with E-state index < -0.39 is 10.0 Å². The van der Waals surface area contributed by atoms with Crippen LogP contribution in [0, 0.1) is 5.92 Å². The number of aromatic amines is 1. The number of nitrogens with one attached hydrogen (secondary N) is 2. The van der Waals surface area contributed by atoms with Crippen LogP contribution in [-0.2, 0) is 14.8 Å². The number of rotatable bonds is 6. The molecule has 2 aromatic carbocycles. The van der Waals surface area contributed by atoms with Crippen molar-refractivity contribution in [2.24, 2.45) is 5.92 Å². The standard InChI is InChI=1S/C24H29N5O4S/c1-16(2)22(23-25-20-9-4-5-10-21(20)26-23)27-24(31)18-7-6-8-19(15-18)34(32,33)29-13-11-28(12-14-29)17(3)30/h4-10,15-16,22H,11-14H2,1-3H3,(H,25,26)(H,27,31)/t22-/m0/s1. The van der Waals surface area contributed by atoms with E-state index in [0.29, 0.717) is 18.9 Å². The third kappa shape index (κ3) is 4.83. The van der Waals surface area contributed by atoms with E-state index in [2.05, 4.69) is 15.3 Å². The molecule has 0 spiro atoms. The number of piperazine rings is 1. The van der Waals surface area contributed by atoms with Crippen molar-refractivity contribution in [3.63, 3.8) is 0 Å². The van der Waals surface area contributed by atoms with E-state index in [0.717, 1.165) is 11.0 Å². The van der Waals surface area contributed by atoms with Gasteiger partial charge >= 0.3 is 0 Å². The highest BCUT2D eigenvalue weighted by molar-refractivity contribution is 7.89. The molecule has 2 amide bonds. The lowest BCUT2D eigenvalue weighted by molar-refractivity contribution is -0.129. The SMILES string of the molecule is CC(=O)N1CCN(S(=O)(=O)c2cccc(C(=O)N[C@H](c3nc4ccccc4[nH]3)C(C)C)c2)CC1. The number of aromatic nitrogens is 2. The Morgan fingerprint density at radius 3 is 2.38 bits per heavy atom. The fourth-order valence-electron chi connectivity index (χ4n) is 4.09. The number of fused-ring (bicyclic) bond motifs is 1. The monoisotopic (exact) mass is 483 g/mol. The van der Waals surface area contributed by atoms with Crippen LogP contribution in [-0.4, -0.2) is 65.6 Å². The van der Waals surface area contributed by atoms with Crippen molar-refractivity contribution in [3.05, 3.63) is 59.9 Å². The summed E-state index contributed by atoms with van der Waals surface area (Å²) < 4.78 is 27.7. The minimum atomic E-state index is -3.78. The third-order valence-electron chi connectivity index (χ3n) is 6.07. The number of benzene rings is 2. The normalized spacial score (nSPS) is 16.1. The van der Waals surface area contributed by atoms with Gasteiger partial charge in [0.05, 0.1) is 22.0 Å². The van der Waals surface area contributed by atoms with E-state index in [1.165, 1.54) is 23.4 Å². The van der Waals surface area contributed by atoms with Crippen molar-refractivity contribution in [1.82, 2.24) is 24.5 Å². The lowest BCUT2D eigenvalue weighted by Gasteiger charge is -2.33. The zero-order valence-electron chi connectivity index (χ0n) is 19.5. The summed E-state index contributed by atoms with van der Waals surface area (Å²) in [4.78, 5) is 34.2. The van der Waals surface area contributed by atoms with Crippen LogP contribution in [0.2, 0.25) is 0 Å². The molecule has 34 heavy (non-hydrogen) atoms. The van der Waals surface area contributed by atoms with Gasteiger partial charge in [-0.1, -0.05) is 32.0 Å². The molecule has 0 bridgehead atoms. The van der Waals surface area contributed by atoms with E-state index in [9.17, 15) is 18.0 Å². The van der Waals surface area contributed by atoms with Crippen LogP contribution < -0.4 is 5.32 Å². The molecule has 1 fully saturated rings. The van der Waals surface area contributed by atoms with Gasteiger partial charge in [-0.15, -0.1) is 0 Å². The minimum Gasteiger partial charge on any atom is -0.342 e. The predicted octanol–water partition coefficient (Wildman–Crippen LogP) is 2.54. The number of hydrogen-bond donors (Lipinski definition) is 2. The zero-order chi connectivity index (χ0) is 24.5. The Morgan fingerprint density at radius 2 is 1.74 bits per heavy atom. The van der Waals surface area contributed by atoms with Gasteiger partial charge in [-0.05, 0) is 36.2 Å². The number of carbonyl (C=O) groups excluding carboxylic acids is 2. The first-order valence-electron chi connectivity index (χ1n) is 11.3. The minimum absolute atomic E-state index is 0.0500. The van der Waals surface area contributed by atoms with Crippen LogP contribution in [0.3, 0.4) is 0 Å². The van der Waals surface area contributed by atoms with Gasteiger partial charge in [-0.2, -0.15) is 4.31 Å². The molecule has 9 nitrogen and oxygen atoms in total. The highest BCUT2D eigenvalue weighted by Crippen LogP contribution is 2.24. The summed E-state index contributed by atoms with van der Waals surface area (Å²) in [7, 11) is -3.78. The molecule has 4 rings (SSSR count). The van der Waals surface area contributed by atoms with Gasteiger partial charge in [0.1, 0.15) is 5.82 Å². The maximum Gasteiger partial charge on any atom is 0.251 e. The van der Waals surface area contributed by atoms with Crippen LogP contribution >= 0.6 is 0 Å². The average molecular weight is 484 g/mol. The highest BCUT2D eigenvalue weighted by Gasteiger charge is 2.30. The van der Waals surface area contributed by atoms with Gasteiger partial charge in [0.2, 0.25) is 15.9 Å². The molecule has 0 radical (unpaired) electrons. The lowest BCUT2D eigenvalue weighted by atomic mass is 10.0. The first-order chi connectivity index (χ1) is 16.2. The highest BCUT2D eigenvalue weighted by atomic mass is 32.2. The van der Waals surface area contributed by atoms with Crippen LogP contribution in [0.1, 0.15) is 43.0 Å². The second-order valence-electron chi connectivity index (χ2n) is 8.77. The molecule has 2 N–H and O–H groups in total. The molecular formula is C24H29N5O4S. The molecule has 180 valence electrons. The number of nitrogens with zero attached hydrogens (tertiary/aromatic N) is 3. The topological polar surface area (TPSA) is 115 Å². The van der Waals surface area contributed by atoms with E-state index in [4.69, 9.17) is 0 Å². The van der Waals surface area contributed by atoms with Gasteiger partial charge in [0.25, 0.3) is 5.91 Å². The van der Waals surface area contributed by atoms with Crippen LogP contribution in [0.5, 0.6) is 0 Å².